The molecule has 1 heterocycles. The van der Waals surface area contributed by atoms with Gasteiger partial charge >= 0.3 is 0 Å². The Kier molecular flexibility index (Phi) is 12.8. The number of unbranched alkanes of at least 4 members (excludes halogenated alkanes) is 12. The minimum atomic E-state index is 0.376. The molecule has 0 aromatic carbocycles. The third-order valence-electron chi connectivity index (χ3n) is 4.10. The van der Waals surface area contributed by atoms with Gasteiger partial charge in [-0.05, 0) is 18.9 Å². The zero-order chi connectivity index (χ0) is 15.0. The fourth-order valence-corrected chi connectivity index (χ4v) is 2.57. The van der Waals surface area contributed by atoms with Crippen LogP contribution in [0.4, 0.5) is 0 Å². The van der Waals surface area contributed by atoms with E-state index < -0.39 is 0 Å². The summed E-state index contributed by atoms with van der Waals surface area (Å²) in [6, 6.07) is 0. The van der Waals surface area contributed by atoms with Crippen molar-refractivity contribution in [3.8, 4) is 0 Å². The number of rotatable bonds is 16. The summed E-state index contributed by atoms with van der Waals surface area (Å²) >= 11 is 0. The molecule has 0 spiro atoms. The van der Waals surface area contributed by atoms with E-state index >= 15 is 0 Å². The second-order valence-corrected chi connectivity index (χ2v) is 6.34. The van der Waals surface area contributed by atoms with Crippen molar-refractivity contribution in [3.05, 3.63) is 12.3 Å². The topological polar surface area (TPSA) is 21.8 Å². The second kappa shape index (κ2) is 14.4. The summed E-state index contributed by atoms with van der Waals surface area (Å²) in [5.41, 5.74) is 0. The zero-order valence-electron chi connectivity index (χ0n) is 14.2. The third-order valence-corrected chi connectivity index (χ3v) is 4.10. The van der Waals surface area contributed by atoms with Crippen LogP contribution in [0.2, 0.25) is 0 Å². The van der Waals surface area contributed by atoms with Gasteiger partial charge in [-0.25, -0.2) is 0 Å². The van der Waals surface area contributed by atoms with E-state index in [1.54, 1.807) is 0 Å². The molecule has 2 nitrogen and oxygen atoms in total. The molecule has 0 saturated carbocycles. The molecule has 1 rings (SSSR count). The number of hydrogen-bond acceptors (Lipinski definition) is 2. The second-order valence-electron chi connectivity index (χ2n) is 6.34. The van der Waals surface area contributed by atoms with E-state index in [2.05, 4.69) is 13.0 Å². The first-order valence-electron chi connectivity index (χ1n) is 9.31. The maximum atomic E-state index is 5.36. The molecular formula is C19H36O2. The first-order valence-corrected chi connectivity index (χ1v) is 9.31. The number of epoxide rings is 1. The average molecular weight is 296 g/mol. The largest absolute Gasteiger partial charge is 0.499 e. The molecule has 0 aromatic rings. The molecular weight excluding hydrogens is 260 g/mol. The Balaban J connectivity index is 1.64. The lowest BCUT2D eigenvalue weighted by molar-refractivity contribution is 0.211. The van der Waals surface area contributed by atoms with Gasteiger partial charge in [-0.2, -0.15) is 0 Å². The lowest BCUT2D eigenvalue weighted by Gasteiger charge is -2.02. The molecule has 1 unspecified atom stereocenters. The monoisotopic (exact) mass is 296 g/mol. The Morgan fingerprint density at radius 1 is 0.857 bits per heavy atom. The van der Waals surface area contributed by atoms with Crippen LogP contribution >= 0.6 is 0 Å². The number of allylic oxidation sites excluding steroid dienone is 1. The highest BCUT2D eigenvalue weighted by Crippen LogP contribution is 2.12. The van der Waals surface area contributed by atoms with E-state index in [4.69, 9.17) is 9.47 Å². The van der Waals surface area contributed by atoms with Gasteiger partial charge in [-0.1, -0.05) is 77.6 Å². The molecule has 21 heavy (non-hydrogen) atoms. The Hall–Kier alpha value is -0.500. The van der Waals surface area contributed by atoms with Crippen LogP contribution in [0.25, 0.3) is 0 Å². The van der Waals surface area contributed by atoms with E-state index in [1.165, 1.54) is 77.0 Å². The van der Waals surface area contributed by atoms with Crippen molar-refractivity contribution in [1.82, 2.24) is 0 Å². The summed E-state index contributed by atoms with van der Waals surface area (Å²) in [6.45, 7) is 3.90. The highest BCUT2D eigenvalue weighted by molar-refractivity contribution is 4.75. The van der Waals surface area contributed by atoms with Crippen LogP contribution < -0.4 is 0 Å². The quantitative estimate of drug-likeness (QED) is 0.198. The van der Waals surface area contributed by atoms with Gasteiger partial charge in [0.25, 0.3) is 0 Å². The SMILES string of the molecule is CCCCCCCCCCCCCC/C=C/OCC1CO1. The number of ether oxygens (including phenoxy) is 2. The molecule has 0 N–H and O–H groups in total. The standard InChI is InChI=1S/C19H36O2/c1-2-3-4-5-6-7-8-9-10-11-12-13-14-15-16-20-17-19-18-21-19/h15-16,19H,2-14,17-18H2,1H3/b16-15+. The van der Waals surface area contributed by atoms with Gasteiger partial charge in [0.1, 0.15) is 12.7 Å². The normalized spacial score (nSPS) is 17.5. The van der Waals surface area contributed by atoms with E-state index in [1.807, 2.05) is 6.26 Å². The Labute approximate surface area is 132 Å². The lowest BCUT2D eigenvalue weighted by Crippen LogP contribution is -1.94. The highest BCUT2D eigenvalue weighted by Gasteiger charge is 2.22. The first kappa shape index (κ1) is 18.5. The predicted molar refractivity (Wildman–Crippen MR) is 90.5 cm³/mol. The van der Waals surface area contributed by atoms with Crippen molar-refractivity contribution in [3.63, 3.8) is 0 Å². The summed E-state index contributed by atoms with van der Waals surface area (Å²) in [5.74, 6) is 0. The van der Waals surface area contributed by atoms with Gasteiger partial charge in [0.05, 0.1) is 12.9 Å². The molecule has 0 aromatic heterocycles. The van der Waals surface area contributed by atoms with Crippen LogP contribution in [-0.2, 0) is 9.47 Å². The first-order chi connectivity index (χ1) is 10.4. The molecule has 124 valence electrons. The van der Waals surface area contributed by atoms with Gasteiger partial charge in [-0.15, -0.1) is 0 Å². The lowest BCUT2D eigenvalue weighted by atomic mass is 10.0. The molecule has 0 radical (unpaired) electrons. The van der Waals surface area contributed by atoms with E-state index in [9.17, 15) is 0 Å². The van der Waals surface area contributed by atoms with E-state index in [0.29, 0.717) is 6.10 Å². The van der Waals surface area contributed by atoms with Crippen molar-refractivity contribution in [2.24, 2.45) is 0 Å². The maximum absolute atomic E-state index is 5.36. The van der Waals surface area contributed by atoms with Gasteiger partial charge in [0, 0.05) is 0 Å². The van der Waals surface area contributed by atoms with Crippen LogP contribution in [0, 0.1) is 0 Å². The number of hydrogen-bond donors (Lipinski definition) is 0. The average Bonchev–Trinajstić information content (AvgIpc) is 3.31. The predicted octanol–water partition coefficient (Wildman–Crippen LogP) is 6.01. The van der Waals surface area contributed by atoms with Crippen molar-refractivity contribution in [1.29, 1.82) is 0 Å². The summed E-state index contributed by atoms with van der Waals surface area (Å²) in [4.78, 5) is 0. The maximum Gasteiger partial charge on any atom is 0.116 e. The van der Waals surface area contributed by atoms with E-state index in [0.717, 1.165) is 19.6 Å². The van der Waals surface area contributed by atoms with Crippen LogP contribution in [0.15, 0.2) is 12.3 Å². The van der Waals surface area contributed by atoms with Crippen LogP contribution in [-0.4, -0.2) is 19.3 Å². The Morgan fingerprint density at radius 2 is 1.38 bits per heavy atom. The minimum absolute atomic E-state index is 0.376. The summed E-state index contributed by atoms with van der Waals surface area (Å²) < 4.78 is 10.4. The van der Waals surface area contributed by atoms with Crippen molar-refractivity contribution < 1.29 is 9.47 Å². The van der Waals surface area contributed by atoms with Gasteiger partial charge in [0.15, 0.2) is 0 Å². The molecule has 0 amide bonds. The molecule has 0 bridgehead atoms. The third kappa shape index (κ3) is 14.2. The molecule has 1 atom stereocenters. The van der Waals surface area contributed by atoms with Crippen LogP contribution in [0.3, 0.4) is 0 Å². The van der Waals surface area contributed by atoms with Crippen molar-refractivity contribution >= 4 is 0 Å². The Morgan fingerprint density at radius 3 is 1.90 bits per heavy atom. The fourth-order valence-electron chi connectivity index (χ4n) is 2.57. The van der Waals surface area contributed by atoms with Crippen LogP contribution in [0.5, 0.6) is 0 Å². The zero-order valence-corrected chi connectivity index (χ0v) is 14.2. The fraction of sp³-hybridized carbons (Fsp3) is 0.895. The smallest absolute Gasteiger partial charge is 0.116 e. The van der Waals surface area contributed by atoms with Gasteiger partial charge in [-0.3, -0.25) is 0 Å². The highest BCUT2D eigenvalue weighted by atomic mass is 16.6. The molecule has 2 heteroatoms. The molecule has 1 aliphatic rings. The van der Waals surface area contributed by atoms with Crippen LogP contribution in [0.1, 0.15) is 90.4 Å². The minimum Gasteiger partial charge on any atom is -0.499 e. The molecule has 1 fully saturated rings. The van der Waals surface area contributed by atoms with Crippen molar-refractivity contribution in [2.75, 3.05) is 13.2 Å². The molecule has 1 aliphatic heterocycles. The Bertz CT molecular complexity index is 234. The molecule has 0 aliphatic carbocycles. The van der Waals surface area contributed by atoms with Crippen molar-refractivity contribution in [2.45, 2.75) is 96.5 Å². The molecule has 1 saturated heterocycles. The van der Waals surface area contributed by atoms with E-state index in [-0.39, 0.29) is 0 Å². The van der Waals surface area contributed by atoms with Gasteiger partial charge < -0.3 is 9.47 Å². The summed E-state index contributed by atoms with van der Waals surface area (Å²) in [5, 5.41) is 0. The van der Waals surface area contributed by atoms with Gasteiger partial charge in [0.2, 0.25) is 0 Å². The summed E-state index contributed by atoms with van der Waals surface area (Å²) in [7, 11) is 0. The summed E-state index contributed by atoms with van der Waals surface area (Å²) in [6.07, 6.45) is 22.5.